The van der Waals surface area contributed by atoms with Crippen molar-refractivity contribution >= 4 is 23.3 Å². The molecule has 4 heterocycles. The molecule has 1 N–H and O–H groups in total. The molecule has 4 aliphatic rings. The number of nitrogens with zero attached hydrogens (tertiary/aromatic N) is 6. The summed E-state index contributed by atoms with van der Waals surface area (Å²) in [7, 11) is 1.86. The minimum atomic E-state index is -1.08. The molecule has 12 heteroatoms. The Hall–Kier alpha value is -4.11. The topological polar surface area (TPSA) is 115 Å². The van der Waals surface area contributed by atoms with Crippen molar-refractivity contribution in [2.45, 2.75) is 62.2 Å². The summed E-state index contributed by atoms with van der Waals surface area (Å²) in [6, 6.07) is 9.49. The van der Waals surface area contributed by atoms with Crippen molar-refractivity contribution in [3.8, 4) is 12.1 Å². The third kappa shape index (κ3) is 5.31. The summed E-state index contributed by atoms with van der Waals surface area (Å²) >= 11 is 0. The van der Waals surface area contributed by atoms with Crippen LogP contribution in [0.1, 0.15) is 42.5 Å². The van der Waals surface area contributed by atoms with Crippen LogP contribution in [0.2, 0.25) is 0 Å². The van der Waals surface area contributed by atoms with Crippen molar-refractivity contribution < 1.29 is 23.1 Å². The number of hydrogen-bond acceptors (Lipinski definition) is 8. The van der Waals surface area contributed by atoms with Crippen LogP contribution in [-0.4, -0.2) is 89.7 Å². The van der Waals surface area contributed by atoms with E-state index in [1.165, 1.54) is 4.90 Å². The number of hydrogen-bond donors (Lipinski definition) is 1. The number of aromatic nitrogens is 2. The first kappa shape index (κ1) is 29.0. The molecule has 1 aliphatic carbocycles. The molecular formula is C31H35F2N7O3. The molecule has 6 rings (SSSR count). The highest BCUT2D eigenvalue weighted by molar-refractivity contribution is 6.04. The number of benzene rings is 1. The van der Waals surface area contributed by atoms with Gasteiger partial charge in [0.15, 0.2) is 11.6 Å². The van der Waals surface area contributed by atoms with Gasteiger partial charge in [-0.15, -0.1) is 0 Å². The number of ether oxygens (including phenoxy) is 1. The molecule has 1 aromatic carbocycles. The van der Waals surface area contributed by atoms with Gasteiger partial charge >= 0.3 is 6.01 Å². The van der Waals surface area contributed by atoms with Crippen LogP contribution in [0.25, 0.3) is 0 Å². The molecule has 4 atom stereocenters. The van der Waals surface area contributed by atoms with E-state index in [0.717, 1.165) is 24.0 Å². The van der Waals surface area contributed by atoms with Gasteiger partial charge in [-0.1, -0.05) is 30.8 Å². The van der Waals surface area contributed by atoms with Crippen LogP contribution >= 0.6 is 0 Å². The predicted octanol–water partition coefficient (Wildman–Crippen LogP) is 3.08. The van der Waals surface area contributed by atoms with Crippen molar-refractivity contribution in [2.24, 2.45) is 0 Å². The summed E-state index contributed by atoms with van der Waals surface area (Å²) in [5, 5.41) is 12.6. The summed E-state index contributed by atoms with van der Waals surface area (Å²) in [5.41, 5.74) is 2.47. The molecule has 2 amide bonds. The molecule has 2 saturated heterocycles. The number of halogens is 2. The fourth-order valence-corrected chi connectivity index (χ4v) is 7.09. The van der Waals surface area contributed by atoms with E-state index in [1.54, 1.807) is 0 Å². The summed E-state index contributed by atoms with van der Waals surface area (Å²) in [6.45, 7) is 4.28. The van der Waals surface area contributed by atoms with Crippen molar-refractivity contribution in [1.82, 2.24) is 19.8 Å². The highest BCUT2D eigenvalue weighted by Gasteiger charge is 2.48. The van der Waals surface area contributed by atoms with Gasteiger partial charge in [-0.25, -0.2) is 8.78 Å². The van der Waals surface area contributed by atoms with Crippen molar-refractivity contribution in [3.63, 3.8) is 0 Å². The molecule has 1 unspecified atom stereocenters. The number of rotatable bonds is 6. The Morgan fingerprint density at radius 3 is 2.81 bits per heavy atom. The Labute approximate surface area is 249 Å². The lowest BCUT2D eigenvalue weighted by Crippen LogP contribution is -2.56. The van der Waals surface area contributed by atoms with Gasteiger partial charge in [0, 0.05) is 38.6 Å². The quantitative estimate of drug-likeness (QED) is 0.510. The molecule has 0 bridgehead atoms. The summed E-state index contributed by atoms with van der Waals surface area (Å²) in [6.07, 6.45) is 2.22. The lowest BCUT2D eigenvalue weighted by molar-refractivity contribution is -0.131. The van der Waals surface area contributed by atoms with Gasteiger partial charge in [-0.2, -0.15) is 15.2 Å². The Morgan fingerprint density at radius 2 is 2.07 bits per heavy atom. The monoisotopic (exact) mass is 591 g/mol. The number of carbonyl (C=O) groups excluding carboxylic acids is 2. The van der Waals surface area contributed by atoms with Gasteiger partial charge in [-0.05, 0) is 43.9 Å². The van der Waals surface area contributed by atoms with Gasteiger partial charge < -0.3 is 19.9 Å². The third-order valence-corrected chi connectivity index (χ3v) is 9.31. The van der Waals surface area contributed by atoms with Crippen LogP contribution in [0, 0.1) is 11.3 Å². The molecule has 1 aromatic heterocycles. The molecule has 1 spiro atoms. The number of carbonyl (C=O) groups is 2. The minimum absolute atomic E-state index is 0.0170. The highest BCUT2D eigenvalue weighted by Crippen LogP contribution is 2.46. The second-order valence-electron chi connectivity index (χ2n) is 12.0. The molecular weight excluding hydrogens is 556 g/mol. The SMILES string of the molecule is C=C(F)C(=O)N1CCN(c2nc(OC[C@@H]3C[C@@H](F)CN3C)nc3c2NC(=O)C2(CCCc4ccccc42)C3)C[C@@H]1CC#N. The number of likely N-dealkylation sites (tertiary alicyclic amines) is 1. The number of nitriles is 1. The van der Waals surface area contributed by atoms with E-state index in [9.17, 15) is 23.6 Å². The number of aryl methyl sites for hydroxylation is 1. The van der Waals surface area contributed by atoms with Gasteiger partial charge in [-0.3, -0.25) is 14.5 Å². The molecule has 0 saturated carbocycles. The molecule has 226 valence electrons. The van der Waals surface area contributed by atoms with Gasteiger partial charge in [0.2, 0.25) is 5.91 Å². The number of piperazine rings is 1. The zero-order valence-corrected chi connectivity index (χ0v) is 24.2. The first-order valence-corrected chi connectivity index (χ1v) is 14.8. The fourth-order valence-electron chi connectivity index (χ4n) is 7.09. The Kier molecular flexibility index (Phi) is 7.77. The zero-order valence-electron chi connectivity index (χ0n) is 24.2. The zero-order chi connectivity index (χ0) is 30.3. The van der Waals surface area contributed by atoms with Gasteiger partial charge in [0.25, 0.3) is 5.91 Å². The Balaban J connectivity index is 1.37. The van der Waals surface area contributed by atoms with Crippen molar-refractivity contribution in [1.29, 1.82) is 5.26 Å². The van der Waals surface area contributed by atoms with Crippen LogP contribution in [0.5, 0.6) is 6.01 Å². The van der Waals surface area contributed by atoms with Crippen molar-refractivity contribution in [2.75, 3.05) is 50.1 Å². The number of anilines is 2. The molecule has 43 heavy (non-hydrogen) atoms. The fraction of sp³-hybridized carbons (Fsp3) is 0.516. The van der Waals surface area contributed by atoms with E-state index >= 15 is 0 Å². The van der Waals surface area contributed by atoms with Gasteiger partial charge in [0.05, 0.1) is 29.6 Å². The van der Waals surface area contributed by atoms with Crippen molar-refractivity contribution in [3.05, 3.63) is 53.5 Å². The van der Waals surface area contributed by atoms with E-state index < -0.39 is 29.4 Å². The second-order valence-corrected chi connectivity index (χ2v) is 12.0. The molecule has 2 fully saturated rings. The molecule has 2 aromatic rings. The number of alkyl halides is 1. The number of likely N-dealkylation sites (N-methyl/N-ethyl adjacent to an activating group) is 1. The average molecular weight is 592 g/mol. The van der Waals surface area contributed by atoms with Crippen LogP contribution in [0.3, 0.4) is 0 Å². The lowest BCUT2D eigenvalue weighted by Gasteiger charge is -2.44. The Morgan fingerprint density at radius 1 is 1.26 bits per heavy atom. The summed E-state index contributed by atoms with van der Waals surface area (Å²) in [4.78, 5) is 41.1. The van der Waals surface area contributed by atoms with Crippen LogP contribution in [-0.2, 0) is 27.8 Å². The maximum atomic E-state index is 14.0. The second kappa shape index (κ2) is 11.5. The maximum absolute atomic E-state index is 14.0. The molecule has 3 aliphatic heterocycles. The molecule has 0 radical (unpaired) electrons. The lowest BCUT2D eigenvalue weighted by atomic mass is 9.65. The van der Waals surface area contributed by atoms with E-state index in [2.05, 4.69) is 24.0 Å². The molecule has 10 nitrogen and oxygen atoms in total. The van der Waals surface area contributed by atoms with Crippen LogP contribution in [0.15, 0.2) is 36.7 Å². The first-order valence-electron chi connectivity index (χ1n) is 14.8. The van der Waals surface area contributed by atoms with E-state index in [0.29, 0.717) is 43.0 Å². The van der Waals surface area contributed by atoms with E-state index in [4.69, 9.17) is 14.7 Å². The summed E-state index contributed by atoms with van der Waals surface area (Å²) in [5.74, 6) is -1.62. The predicted molar refractivity (Wildman–Crippen MR) is 155 cm³/mol. The largest absolute Gasteiger partial charge is 0.462 e. The number of fused-ring (bicyclic) bond motifs is 3. The normalized spacial score (nSPS) is 26.8. The number of amides is 2. The standard InChI is InChI=1S/C31H35F2N7O3/c1-19(32)28(41)40-13-12-39(17-22(40)9-11-34)27-26-25(35-30(37-27)43-18-23-14-21(33)16-38(23)2)15-31(29(42)36-26)10-5-7-20-6-3-4-8-24(20)31/h3-4,6,8,21-23H,1,5,7,9-10,12-18H2,2H3,(H,36,42)/t21-,22+,23+,31?/m1/s1. The van der Waals surface area contributed by atoms with Crippen LogP contribution in [0.4, 0.5) is 20.3 Å². The maximum Gasteiger partial charge on any atom is 0.318 e. The first-order chi connectivity index (χ1) is 20.7. The highest BCUT2D eigenvalue weighted by atomic mass is 19.1. The number of nitrogens with one attached hydrogen (secondary N) is 1. The third-order valence-electron chi connectivity index (χ3n) is 9.31. The average Bonchev–Trinajstić information content (AvgIpc) is 3.32. The van der Waals surface area contributed by atoms with Crippen LogP contribution < -0.4 is 15.0 Å². The Bertz CT molecular complexity index is 1500. The minimum Gasteiger partial charge on any atom is -0.462 e. The van der Waals surface area contributed by atoms with E-state index in [-0.39, 0.29) is 50.6 Å². The van der Waals surface area contributed by atoms with Gasteiger partial charge in [0.1, 0.15) is 18.5 Å². The summed E-state index contributed by atoms with van der Waals surface area (Å²) < 4.78 is 33.9. The van der Waals surface area contributed by atoms with E-state index in [1.807, 2.05) is 35.0 Å². The smallest absolute Gasteiger partial charge is 0.318 e.